The second kappa shape index (κ2) is 11.8. The molecular formula is C33H19Cl3F5IN2O6. The number of amides is 4. The van der Waals surface area contributed by atoms with E-state index in [-0.39, 0.29) is 43.2 Å². The number of hydrogen-bond acceptors (Lipinski definition) is 6. The van der Waals surface area contributed by atoms with E-state index in [2.05, 4.69) is 0 Å². The number of carbonyl (C=O) groups excluding carboxylic acids is 4. The molecule has 3 aromatic rings. The predicted octanol–water partition coefficient (Wildman–Crippen LogP) is 7.12. The van der Waals surface area contributed by atoms with Gasteiger partial charge in [0.25, 0.3) is 11.8 Å². The third-order valence-corrected chi connectivity index (χ3v) is 12.4. The zero-order chi connectivity index (χ0) is 36.4. The monoisotopic (exact) mass is 866 g/mol. The molecule has 1 saturated carbocycles. The lowest BCUT2D eigenvalue weighted by Gasteiger charge is -2.50. The third-order valence-electron chi connectivity index (χ3n) is 9.91. The van der Waals surface area contributed by atoms with Crippen LogP contribution in [0.25, 0.3) is 0 Å². The summed E-state index contributed by atoms with van der Waals surface area (Å²) < 4.78 is 78.9. The normalized spacial score (nSPS) is 28.9. The summed E-state index contributed by atoms with van der Waals surface area (Å²) in [7, 11) is 1.23. The van der Waals surface area contributed by atoms with E-state index in [4.69, 9.17) is 39.5 Å². The largest absolute Gasteiger partial charge is 0.504 e. The van der Waals surface area contributed by atoms with Crippen molar-refractivity contribution >= 4 is 92.4 Å². The van der Waals surface area contributed by atoms with Gasteiger partial charge in [-0.3, -0.25) is 24.1 Å². The summed E-state index contributed by atoms with van der Waals surface area (Å²) in [6.45, 7) is 0. The Labute approximate surface area is 307 Å². The number of allylic oxidation sites excluding steroid dienone is 2. The predicted molar refractivity (Wildman–Crippen MR) is 178 cm³/mol. The lowest BCUT2D eigenvalue weighted by molar-refractivity contribution is -0.125. The van der Waals surface area contributed by atoms with Gasteiger partial charge in [-0.25, -0.2) is 26.9 Å². The Balaban J connectivity index is 1.45. The van der Waals surface area contributed by atoms with Gasteiger partial charge in [-0.15, -0.1) is 23.2 Å². The number of carbonyl (C=O) groups is 4. The minimum atomic E-state index is -2.71. The first-order chi connectivity index (χ1) is 23.5. The van der Waals surface area contributed by atoms with Crippen LogP contribution in [0.2, 0.25) is 5.02 Å². The number of hydrogen-bond donors (Lipinski definition) is 1. The molecule has 1 N–H and O–H groups in total. The van der Waals surface area contributed by atoms with E-state index in [1.165, 1.54) is 43.5 Å². The molecule has 4 amide bonds. The van der Waals surface area contributed by atoms with E-state index in [1.54, 1.807) is 28.7 Å². The van der Waals surface area contributed by atoms with Crippen LogP contribution >= 0.6 is 57.4 Å². The van der Waals surface area contributed by atoms with Crippen LogP contribution in [0.15, 0.2) is 48.0 Å². The van der Waals surface area contributed by atoms with Crippen LogP contribution in [0, 0.1) is 50.4 Å². The SMILES string of the molecule is COc1cc(C2C3=CCC4C(=O)N(c5ccc(Cl)cc5)C(=O)C4C3CC3(Cl)C(=O)N(c4c(F)c(F)c(F)c(F)c4F)C(=O)C23Cl)cc(I)c1O. The molecule has 260 valence electrons. The number of phenols is 1. The number of rotatable bonds is 4. The zero-order valence-electron chi connectivity index (χ0n) is 25.0. The van der Waals surface area contributed by atoms with Crippen LogP contribution in [-0.4, -0.2) is 45.6 Å². The molecule has 3 aromatic carbocycles. The topological polar surface area (TPSA) is 104 Å². The Morgan fingerprint density at radius 2 is 1.46 bits per heavy atom. The van der Waals surface area contributed by atoms with Gasteiger partial charge in [-0.05, 0) is 83.3 Å². The third kappa shape index (κ3) is 4.46. The molecule has 2 aliphatic carbocycles. The summed E-state index contributed by atoms with van der Waals surface area (Å²) in [6.07, 6.45) is 0.871. The van der Waals surface area contributed by atoms with Gasteiger partial charge in [0.15, 0.2) is 44.5 Å². The highest BCUT2D eigenvalue weighted by atomic mass is 127. The minimum Gasteiger partial charge on any atom is -0.504 e. The molecule has 6 atom stereocenters. The van der Waals surface area contributed by atoms with E-state index in [1.807, 2.05) is 0 Å². The molecule has 3 fully saturated rings. The molecule has 0 radical (unpaired) electrons. The molecule has 4 aliphatic rings. The molecule has 2 aliphatic heterocycles. The number of benzene rings is 3. The van der Waals surface area contributed by atoms with Crippen molar-refractivity contribution in [2.45, 2.75) is 28.5 Å². The molecular weight excluding hydrogens is 849 g/mol. The Hall–Kier alpha value is -3.47. The first kappa shape index (κ1) is 35.0. The van der Waals surface area contributed by atoms with Gasteiger partial charge in [0, 0.05) is 10.9 Å². The molecule has 0 spiro atoms. The number of phenolic OH excluding ortho intramolecular Hbond substituents is 1. The maximum atomic E-state index is 15.2. The van der Waals surface area contributed by atoms with Crippen LogP contribution in [0.1, 0.15) is 24.3 Å². The first-order valence-electron chi connectivity index (χ1n) is 14.7. The Bertz CT molecular complexity index is 2090. The molecule has 50 heavy (non-hydrogen) atoms. The molecule has 6 unspecified atom stereocenters. The number of ether oxygens (including phenoxy) is 1. The summed E-state index contributed by atoms with van der Waals surface area (Å²) in [5.41, 5.74) is -1.33. The second-order valence-corrected chi connectivity index (χ2v) is 15.1. The van der Waals surface area contributed by atoms with Crippen molar-refractivity contribution in [2.24, 2.45) is 17.8 Å². The van der Waals surface area contributed by atoms with Gasteiger partial charge < -0.3 is 9.84 Å². The van der Waals surface area contributed by atoms with E-state index >= 15 is 8.78 Å². The van der Waals surface area contributed by atoms with Crippen LogP contribution < -0.4 is 14.5 Å². The van der Waals surface area contributed by atoms with E-state index < -0.39 is 98.2 Å². The minimum absolute atomic E-state index is 0.0419. The standard InChI is InChI=1S/C33H19Cl3F5IN2O6/c1-50-18-9-11(8-17(42)27(18)45)20-14-6-7-15-19(29(47)43(28(15)46)13-4-2-12(34)3-5-13)16(14)10-32(35)30(48)44(31(49)33(20,32)36)26-24(40)22(38)21(37)23(39)25(26)41/h2-6,8-9,15-16,19-20,45H,7,10H2,1H3. The van der Waals surface area contributed by atoms with Gasteiger partial charge in [0.1, 0.15) is 5.69 Å². The average molecular weight is 868 g/mol. The molecule has 7 rings (SSSR count). The van der Waals surface area contributed by atoms with Crippen LogP contribution in [0.4, 0.5) is 33.3 Å². The Kier molecular flexibility index (Phi) is 8.24. The molecule has 2 heterocycles. The number of imide groups is 2. The molecule has 2 saturated heterocycles. The quantitative estimate of drug-likeness (QED) is 0.0570. The summed E-state index contributed by atoms with van der Waals surface area (Å²) in [5, 5.41) is 10.9. The van der Waals surface area contributed by atoms with Gasteiger partial charge in [-0.1, -0.05) is 23.3 Å². The summed E-state index contributed by atoms with van der Waals surface area (Å²) in [5.74, 6) is -22.0. The fourth-order valence-electron chi connectivity index (χ4n) is 7.70. The van der Waals surface area contributed by atoms with Gasteiger partial charge in [-0.2, -0.15) is 0 Å². The summed E-state index contributed by atoms with van der Waals surface area (Å²) in [6, 6.07) is 8.54. The number of nitrogens with zero attached hydrogens (tertiary/aromatic N) is 2. The smallest absolute Gasteiger partial charge is 0.258 e. The lowest BCUT2D eigenvalue weighted by atomic mass is 9.56. The fourth-order valence-corrected chi connectivity index (χ4v) is 9.39. The Morgan fingerprint density at radius 1 is 0.860 bits per heavy atom. The highest BCUT2D eigenvalue weighted by Crippen LogP contribution is 2.66. The number of fused-ring (bicyclic) bond motifs is 4. The van der Waals surface area contributed by atoms with Crippen molar-refractivity contribution in [2.75, 3.05) is 16.9 Å². The zero-order valence-corrected chi connectivity index (χ0v) is 29.5. The maximum Gasteiger partial charge on any atom is 0.258 e. The van der Waals surface area contributed by atoms with E-state index in [0.29, 0.717) is 5.02 Å². The highest BCUT2D eigenvalue weighted by molar-refractivity contribution is 14.1. The second-order valence-electron chi connectivity index (χ2n) is 12.2. The number of halogens is 9. The molecule has 0 aromatic heterocycles. The van der Waals surface area contributed by atoms with Crippen molar-refractivity contribution in [1.82, 2.24) is 0 Å². The van der Waals surface area contributed by atoms with Crippen molar-refractivity contribution in [3.05, 3.63) is 91.3 Å². The summed E-state index contributed by atoms with van der Waals surface area (Å²) >= 11 is 22.1. The number of alkyl halides is 2. The summed E-state index contributed by atoms with van der Waals surface area (Å²) in [4.78, 5) is 52.0. The van der Waals surface area contributed by atoms with Crippen molar-refractivity contribution in [1.29, 1.82) is 0 Å². The number of methoxy groups -OCH3 is 1. The van der Waals surface area contributed by atoms with Crippen LogP contribution in [-0.2, 0) is 19.2 Å². The maximum absolute atomic E-state index is 15.2. The van der Waals surface area contributed by atoms with Gasteiger partial charge in [0.05, 0.1) is 28.2 Å². The highest BCUT2D eigenvalue weighted by Gasteiger charge is 2.77. The Morgan fingerprint density at radius 3 is 2.06 bits per heavy atom. The molecule has 17 heteroatoms. The number of anilines is 2. The van der Waals surface area contributed by atoms with Gasteiger partial charge in [0.2, 0.25) is 17.6 Å². The van der Waals surface area contributed by atoms with Crippen molar-refractivity contribution in [3.63, 3.8) is 0 Å². The lowest BCUT2D eigenvalue weighted by Crippen LogP contribution is -2.60. The average Bonchev–Trinajstić information content (AvgIpc) is 3.42. The first-order valence-corrected chi connectivity index (χ1v) is 16.9. The van der Waals surface area contributed by atoms with Crippen LogP contribution in [0.5, 0.6) is 11.5 Å². The van der Waals surface area contributed by atoms with Crippen molar-refractivity contribution < 1.29 is 51.0 Å². The molecule has 8 nitrogen and oxygen atoms in total. The van der Waals surface area contributed by atoms with Crippen LogP contribution in [0.3, 0.4) is 0 Å². The van der Waals surface area contributed by atoms with Crippen molar-refractivity contribution in [3.8, 4) is 11.5 Å². The van der Waals surface area contributed by atoms with Gasteiger partial charge >= 0.3 is 0 Å². The molecule has 0 bridgehead atoms. The number of aromatic hydroxyl groups is 1. The van der Waals surface area contributed by atoms with E-state index in [0.717, 1.165) is 4.90 Å². The van der Waals surface area contributed by atoms with E-state index in [9.17, 15) is 37.5 Å². The fraction of sp³-hybridized carbons (Fsp3) is 0.273.